The summed E-state index contributed by atoms with van der Waals surface area (Å²) in [5.41, 5.74) is 1.78. The van der Waals surface area contributed by atoms with Crippen LogP contribution in [-0.2, 0) is 11.2 Å². The third-order valence-electron chi connectivity index (χ3n) is 3.46. The Kier molecular flexibility index (Phi) is 4.82. The molecule has 4 heteroatoms. The molecule has 21 heavy (non-hydrogen) atoms. The van der Waals surface area contributed by atoms with E-state index in [9.17, 15) is 15.0 Å². The molecule has 0 saturated carbocycles. The number of aromatic hydroxyl groups is 1. The standard InChI is InChI=1S/C17H19NO3/c1-2-18(14-6-4-3-5-7-14)16(17(20)21)12-13-8-10-15(19)11-9-13/h3-11,16,19H,2,12H2,1H3,(H,20,21). The number of hydrogen-bond donors (Lipinski definition) is 2. The Morgan fingerprint density at radius 1 is 1.10 bits per heavy atom. The van der Waals surface area contributed by atoms with E-state index < -0.39 is 12.0 Å². The maximum Gasteiger partial charge on any atom is 0.326 e. The number of rotatable bonds is 6. The molecule has 2 N–H and O–H groups in total. The van der Waals surface area contributed by atoms with Gasteiger partial charge in [0.2, 0.25) is 0 Å². The highest BCUT2D eigenvalue weighted by Gasteiger charge is 2.25. The zero-order chi connectivity index (χ0) is 15.2. The van der Waals surface area contributed by atoms with E-state index in [1.165, 1.54) is 0 Å². The van der Waals surface area contributed by atoms with E-state index in [2.05, 4.69) is 0 Å². The van der Waals surface area contributed by atoms with E-state index in [4.69, 9.17) is 0 Å². The molecule has 0 spiro atoms. The van der Waals surface area contributed by atoms with Gasteiger partial charge >= 0.3 is 5.97 Å². The quantitative estimate of drug-likeness (QED) is 0.856. The molecule has 0 aliphatic carbocycles. The number of nitrogens with zero attached hydrogens (tertiary/aromatic N) is 1. The third-order valence-corrected chi connectivity index (χ3v) is 3.46. The van der Waals surface area contributed by atoms with Crippen LogP contribution >= 0.6 is 0 Å². The van der Waals surface area contributed by atoms with Gasteiger partial charge in [-0.2, -0.15) is 0 Å². The molecule has 0 fully saturated rings. The molecule has 0 aliphatic heterocycles. The summed E-state index contributed by atoms with van der Waals surface area (Å²) in [6, 6.07) is 15.6. The molecular weight excluding hydrogens is 266 g/mol. The van der Waals surface area contributed by atoms with Crippen molar-refractivity contribution in [2.45, 2.75) is 19.4 Å². The summed E-state index contributed by atoms with van der Waals surface area (Å²) in [5.74, 6) is -0.671. The second-order valence-corrected chi connectivity index (χ2v) is 4.85. The first-order valence-electron chi connectivity index (χ1n) is 6.94. The highest BCUT2D eigenvalue weighted by atomic mass is 16.4. The van der Waals surface area contributed by atoms with Gasteiger partial charge in [0, 0.05) is 18.7 Å². The van der Waals surface area contributed by atoms with E-state index >= 15 is 0 Å². The smallest absolute Gasteiger partial charge is 0.326 e. The molecule has 1 atom stereocenters. The Labute approximate surface area is 124 Å². The van der Waals surface area contributed by atoms with E-state index in [0.29, 0.717) is 13.0 Å². The van der Waals surface area contributed by atoms with Gasteiger partial charge < -0.3 is 15.1 Å². The van der Waals surface area contributed by atoms with Crippen LogP contribution in [0.25, 0.3) is 0 Å². The average molecular weight is 285 g/mol. The van der Waals surface area contributed by atoms with Crippen LogP contribution in [0.3, 0.4) is 0 Å². The summed E-state index contributed by atoms with van der Waals surface area (Å²) < 4.78 is 0. The van der Waals surface area contributed by atoms with Gasteiger partial charge in [0.25, 0.3) is 0 Å². The third kappa shape index (κ3) is 3.75. The minimum Gasteiger partial charge on any atom is -0.508 e. The number of carbonyl (C=O) groups is 1. The molecule has 0 bridgehead atoms. The lowest BCUT2D eigenvalue weighted by atomic mass is 10.0. The fourth-order valence-corrected chi connectivity index (χ4v) is 2.39. The number of anilines is 1. The summed E-state index contributed by atoms with van der Waals surface area (Å²) in [6.07, 6.45) is 0.387. The van der Waals surface area contributed by atoms with E-state index in [1.54, 1.807) is 24.3 Å². The van der Waals surface area contributed by atoms with Gasteiger partial charge in [-0.1, -0.05) is 30.3 Å². The monoisotopic (exact) mass is 285 g/mol. The fourth-order valence-electron chi connectivity index (χ4n) is 2.39. The number of para-hydroxylation sites is 1. The number of benzene rings is 2. The molecule has 0 saturated heterocycles. The largest absolute Gasteiger partial charge is 0.508 e. The normalized spacial score (nSPS) is 11.9. The van der Waals surface area contributed by atoms with Crippen molar-refractivity contribution in [3.63, 3.8) is 0 Å². The number of carboxylic acid groups (broad SMARTS) is 1. The van der Waals surface area contributed by atoms with Crippen LogP contribution in [0.1, 0.15) is 12.5 Å². The van der Waals surface area contributed by atoms with Gasteiger partial charge in [0.05, 0.1) is 0 Å². The van der Waals surface area contributed by atoms with E-state index in [-0.39, 0.29) is 5.75 Å². The van der Waals surface area contributed by atoms with Gasteiger partial charge in [-0.3, -0.25) is 0 Å². The van der Waals surface area contributed by atoms with Gasteiger partial charge in [0.15, 0.2) is 0 Å². The zero-order valence-electron chi connectivity index (χ0n) is 11.9. The summed E-state index contributed by atoms with van der Waals surface area (Å²) >= 11 is 0. The van der Waals surface area contributed by atoms with Crippen molar-refractivity contribution in [3.05, 3.63) is 60.2 Å². The molecule has 2 aromatic rings. The number of likely N-dealkylation sites (N-methyl/N-ethyl adjacent to an activating group) is 1. The topological polar surface area (TPSA) is 60.8 Å². The predicted molar refractivity (Wildman–Crippen MR) is 82.7 cm³/mol. The van der Waals surface area contributed by atoms with Crippen LogP contribution in [0.5, 0.6) is 5.75 Å². The number of phenolic OH excluding ortho intramolecular Hbond substituents is 1. The number of carboxylic acids is 1. The molecule has 4 nitrogen and oxygen atoms in total. The first-order valence-corrected chi connectivity index (χ1v) is 6.94. The fraction of sp³-hybridized carbons (Fsp3) is 0.235. The number of phenols is 1. The summed E-state index contributed by atoms with van der Waals surface area (Å²) in [7, 11) is 0. The zero-order valence-corrected chi connectivity index (χ0v) is 11.9. The molecule has 0 heterocycles. The molecule has 2 aromatic carbocycles. The van der Waals surface area contributed by atoms with Crippen molar-refractivity contribution < 1.29 is 15.0 Å². The molecule has 0 radical (unpaired) electrons. The molecule has 110 valence electrons. The van der Waals surface area contributed by atoms with Crippen LogP contribution < -0.4 is 4.90 Å². The van der Waals surface area contributed by atoms with Crippen LogP contribution in [0.15, 0.2) is 54.6 Å². The summed E-state index contributed by atoms with van der Waals surface area (Å²) in [6.45, 7) is 2.55. The van der Waals surface area contributed by atoms with E-state index in [0.717, 1.165) is 11.3 Å². The Morgan fingerprint density at radius 3 is 2.24 bits per heavy atom. The second-order valence-electron chi connectivity index (χ2n) is 4.85. The van der Waals surface area contributed by atoms with Crippen LogP contribution in [0.2, 0.25) is 0 Å². The SMILES string of the molecule is CCN(c1ccccc1)C(Cc1ccc(O)cc1)C(=O)O. The molecule has 0 aliphatic rings. The average Bonchev–Trinajstić information content (AvgIpc) is 2.50. The lowest BCUT2D eigenvalue weighted by Crippen LogP contribution is -2.42. The van der Waals surface area contributed by atoms with Gasteiger partial charge in [-0.15, -0.1) is 0 Å². The van der Waals surface area contributed by atoms with Crippen molar-refractivity contribution in [1.82, 2.24) is 0 Å². The number of hydrogen-bond acceptors (Lipinski definition) is 3. The maximum absolute atomic E-state index is 11.7. The maximum atomic E-state index is 11.7. The Balaban J connectivity index is 2.25. The van der Waals surface area contributed by atoms with Crippen LogP contribution in [-0.4, -0.2) is 28.8 Å². The first-order chi connectivity index (χ1) is 10.1. The van der Waals surface area contributed by atoms with Crippen molar-refractivity contribution in [1.29, 1.82) is 0 Å². The molecular formula is C17H19NO3. The molecule has 0 amide bonds. The molecule has 0 aromatic heterocycles. The Bertz CT molecular complexity index is 581. The second kappa shape index (κ2) is 6.79. The van der Waals surface area contributed by atoms with Gasteiger partial charge in [-0.25, -0.2) is 4.79 Å². The highest BCUT2D eigenvalue weighted by Crippen LogP contribution is 2.20. The van der Waals surface area contributed by atoms with Crippen LogP contribution in [0.4, 0.5) is 5.69 Å². The van der Waals surface area contributed by atoms with Crippen molar-refractivity contribution in [2.24, 2.45) is 0 Å². The van der Waals surface area contributed by atoms with Crippen molar-refractivity contribution in [2.75, 3.05) is 11.4 Å². The van der Waals surface area contributed by atoms with Gasteiger partial charge in [0.1, 0.15) is 11.8 Å². The summed E-state index contributed by atoms with van der Waals surface area (Å²) in [4.78, 5) is 13.5. The summed E-state index contributed by atoms with van der Waals surface area (Å²) in [5, 5.41) is 18.9. The minimum atomic E-state index is -0.853. The number of aliphatic carboxylic acids is 1. The van der Waals surface area contributed by atoms with Crippen molar-refractivity contribution >= 4 is 11.7 Å². The lowest BCUT2D eigenvalue weighted by Gasteiger charge is -2.30. The van der Waals surface area contributed by atoms with E-state index in [1.807, 2.05) is 42.2 Å². The van der Waals surface area contributed by atoms with Crippen molar-refractivity contribution in [3.8, 4) is 5.75 Å². The van der Waals surface area contributed by atoms with Crippen LogP contribution in [0, 0.1) is 0 Å². The minimum absolute atomic E-state index is 0.182. The van der Waals surface area contributed by atoms with Gasteiger partial charge in [-0.05, 0) is 36.8 Å². The predicted octanol–water partition coefficient (Wildman–Crippen LogP) is 2.91. The molecule has 2 rings (SSSR count). The lowest BCUT2D eigenvalue weighted by molar-refractivity contribution is -0.138. The first kappa shape index (κ1) is 14.9. The molecule has 1 unspecified atom stereocenters. The highest BCUT2D eigenvalue weighted by molar-refractivity contribution is 5.78. The Morgan fingerprint density at radius 2 is 1.71 bits per heavy atom. The Hall–Kier alpha value is -2.49.